The number of carbonyl (C=O) groups is 1. The zero-order valence-corrected chi connectivity index (χ0v) is 15.5. The first-order valence-electron chi connectivity index (χ1n) is 8.20. The van der Waals surface area contributed by atoms with Crippen LogP contribution in [0.4, 0.5) is 5.69 Å². The van der Waals surface area contributed by atoms with Gasteiger partial charge in [0.05, 0.1) is 18.5 Å². The lowest BCUT2D eigenvalue weighted by molar-refractivity contribution is -0.119. The molecule has 2 aromatic carbocycles. The van der Waals surface area contributed by atoms with Crippen molar-refractivity contribution >= 4 is 32.5 Å². The standard InChI is InChI=1S/C19H21N3O3S/c1-14-6-5-8-17(10-14)22(26(2,24)25)13-19(23)20-12-16-11-15-7-3-4-9-18(15)21-16/h3-11,21H,12-13H2,1-2H3,(H,20,23). The second kappa shape index (κ2) is 7.21. The molecule has 2 N–H and O–H groups in total. The van der Waals surface area contributed by atoms with Gasteiger partial charge in [-0.05, 0) is 42.1 Å². The molecule has 0 saturated heterocycles. The first-order chi connectivity index (χ1) is 12.3. The molecule has 6 nitrogen and oxygen atoms in total. The first-order valence-corrected chi connectivity index (χ1v) is 10.1. The summed E-state index contributed by atoms with van der Waals surface area (Å²) in [4.78, 5) is 15.5. The second-order valence-corrected chi connectivity index (χ2v) is 8.17. The number of hydrogen-bond donors (Lipinski definition) is 2. The molecule has 1 amide bonds. The van der Waals surface area contributed by atoms with Crippen LogP contribution in [0.15, 0.2) is 54.6 Å². The number of aromatic nitrogens is 1. The minimum atomic E-state index is -3.57. The van der Waals surface area contributed by atoms with Crippen LogP contribution in [0.2, 0.25) is 0 Å². The predicted octanol–water partition coefficient (Wildman–Crippen LogP) is 2.56. The van der Waals surface area contributed by atoms with E-state index < -0.39 is 10.0 Å². The van der Waals surface area contributed by atoms with E-state index in [-0.39, 0.29) is 12.5 Å². The number of carbonyl (C=O) groups excluding carboxylic acids is 1. The predicted molar refractivity (Wildman–Crippen MR) is 104 cm³/mol. The van der Waals surface area contributed by atoms with E-state index in [4.69, 9.17) is 0 Å². The molecule has 0 radical (unpaired) electrons. The van der Waals surface area contributed by atoms with Gasteiger partial charge in [0.2, 0.25) is 15.9 Å². The van der Waals surface area contributed by atoms with Gasteiger partial charge < -0.3 is 10.3 Å². The molecular formula is C19H21N3O3S. The second-order valence-electron chi connectivity index (χ2n) is 6.27. The Balaban J connectivity index is 1.70. The van der Waals surface area contributed by atoms with Gasteiger partial charge in [0.25, 0.3) is 0 Å². The number of nitrogens with zero attached hydrogens (tertiary/aromatic N) is 1. The molecule has 0 bridgehead atoms. The largest absolute Gasteiger partial charge is 0.357 e. The lowest BCUT2D eigenvalue weighted by Crippen LogP contribution is -2.40. The first kappa shape index (κ1) is 18.0. The maximum absolute atomic E-state index is 12.3. The van der Waals surface area contributed by atoms with Crippen molar-refractivity contribution in [2.24, 2.45) is 0 Å². The van der Waals surface area contributed by atoms with Gasteiger partial charge in [-0.15, -0.1) is 0 Å². The number of benzene rings is 2. The van der Waals surface area contributed by atoms with Crippen LogP contribution >= 0.6 is 0 Å². The van der Waals surface area contributed by atoms with Crippen LogP contribution in [0.1, 0.15) is 11.3 Å². The average molecular weight is 371 g/mol. The van der Waals surface area contributed by atoms with Crippen LogP contribution in [-0.4, -0.2) is 32.1 Å². The minimum absolute atomic E-state index is 0.261. The van der Waals surface area contributed by atoms with Crippen molar-refractivity contribution in [1.29, 1.82) is 0 Å². The van der Waals surface area contributed by atoms with E-state index in [9.17, 15) is 13.2 Å². The van der Waals surface area contributed by atoms with Crippen LogP contribution < -0.4 is 9.62 Å². The Morgan fingerprint density at radius 3 is 2.58 bits per heavy atom. The van der Waals surface area contributed by atoms with Gasteiger partial charge in [-0.1, -0.05) is 30.3 Å². The van der Waals surface area contributed by atoms with Crippen LogP contribution in [0.5, 0.6) is 0 Å². The molecule has 1 heterocycles. The third-order valence-electron chi connectivity index (χ3n) is 4.04. The summed E-state index contributed by atoms with van der Waals surface area (Å²) in [5, 5.41) is 3.83. The molecule has 1 aromatic heterocycles. The Labute approximate surface area is 152 Å². The minimum Gasteiger partial charge on any atom is -0.357 e. The Bertz CT molecular complexity index is 1010. The van der Waals surface area contributed by atoms with Crippen LogP contribution in [-0.2, 0) is 21.4 Å². The summed E-state index contributed by atoms with van der Waals surface area (Å²) in [6, 6.07) is 16.9. The highest BCUT2D eigenvalue weighted by atomic mass is 32.2. The number of rotatable bonds is 6. The smallest absolute Gasteiger partial charge is 0.241 e. The van der Waals surface area contributed by atoms with E-state index in [1.54, 1.807) is 18.2 Å². The third-order valence-corrected chi connectivity index (χ3v) is 5.18. The Kier molecular flexibility index (Phi) is 4.99. The molecule has 0 spiro atoms. The zero-order chi connectivity index (χ0) is 18.7. The molecule has 136 valence electrons. The molecule has 7 heteroatoms. The van der Waals surface area contributed by atoms with Gasteiger partial charge in [-0.2, -0.15) is 0 Å². The number of nitrogens with one attached hydrogen (secondary N) is 2. The third kappa shape index (κ3) is 4.23. The van der Waals surface area contributed by atoms with E-state index in [0.717, 1.165) is 32.7 Å². The van der Waals surface area contributed by atoms with Gasteiger partial charge in [-0.25, -0.2) is 8.42 Å². The Hall–Kier alpha value is -2.80. The average Bonchev–Trinajstić information content (AvgIpc) is 3.00. The number of H-pyrrole nitrogens is 1. The summed E-state index contributed by atoms with van der Waals surface area (Å²) in [6.07, 6.45) is 1.10. The lowest BCUT2D eigenvalue weighted by Gasteiger charge is -2.22. The summed E-state index contributed by atoms with van der Waals surface area (Å²) < 4.78 is 25.3. The molecule has 3 aromatic rings. The monoisotopic (exact) mass is 371 g/mol. The van der Waals surface area contributed by atoms with Crippen molar-refractivity contribution < 1.29 is 13.2 Å². The fourth-order valence-electron chi connectivity index (χ4n) is 2.79. The summed E-state index contributed by atoms with van der Waals surface area (Å²) in [6.45, 7) is 1.92. The van der Waals surface area contributed by atoms with Crippen molar-refractivity contribution in [1.82, 2.24) is 10.3 Å². The summed E-state index contributed by atoms with van der Waals surface area (Å²) in [7, 11) is -3.57. The van der Waals surface area contributed by atoms with Gasteiger partial charge in [0, 0.05) is 11.2 Å². The number of aromatic amines is 1. The molecule has 0 saturated carbocycles. The van der Waals surface area contributed by atoms with E-state index >= 15 is 0 Å². The fraction of sp³-hybridized carbons (Fsp3) is 0.211. The maximum atomic E-state index is 12.3. The molecule has 0 aliphatic heterocycles. The van der Waals surface area contributed by atoms with Crippen LogP contribution in [0, 0.1) is 6.92 Å². The highest BCUT2D eigenvalue weighted by Gasteiger charge is 2.20. The highest BCUT2D eigenvalue weighted by molar-refractivity contribution is 7.92. The van der Waals surface area contributed by atoms with Gasteiger partial charge in [0.1, 0.15) is 6.54 Å². The van der Waals surface area contributed by atoms with Gasteiger partial charge >= 0.3 is 0 Å². The number of sulfonamides is 1. The SMILES string of the molecule is Cc1cccc(N(CC(=O)NCc2cc3ccccc3[nH]2)S(C)(=O)=O)c1. The number of para-hydroxylation sites is 1. The Morgan fingerprint density at radius 2 is 1.88 bits per heavy atom. The van der Waals surface area contributed by atoms with Crippen molar-refractivity contribution in [3.05, 3.63) is 65.9 Å². The molecule has 0 aliphatic rings. The number of fused-ring (bicyclic) bond motifs is 1. The summed E-state index contributed by atoms with van der Waals surface area (Å²) in [5.74, 6) is -0.365. The normalized spacial score (nSPS) is 11.5. The van der Waals surface area contributed by atoms with Gasteiger partial charge in [-0.3, -0.25) is 9.10 Å². The number of amides is 1. The van der Waals surface area contributed by atoms with Crippen LogP contribution in [0.3, 0.4) is 0 Å². The topological polar surface area (TPSA) is 82.3 Å². The maximum Gasteiger partial charge on any atom is 0.241 e. The highest BCUT2D eigenvalue weighted by Crippen LogP contribution is 2.19. The van der Waals surface area contributed by atoms with Crippen molar-refractivity contribution in [3.8, 4) is 0 Å². The van der Waals surface area contributed by atoms with Gasteiger partial charge in [0.15, 0.2) is 0 Å². The van der Waals surface area contributed by atoms with E-state index in [1.807, 2.05) is 43.3 Å². The van der Waals surface area contributed by atoms with E-state index in [0.29, 0.717) is 12.2 Å². The molecule has 3 rings (SSSR count). The number of anilines is 1. The molecule has 26 heavy (non-hydrogen) atoms. The molecule has 0 aliphatic carbocycles. The molecule has 0 unspecified atom stereocenters. The summed E-state index contributed by atoms with van der Waals surface area (Å²) in [5.41, 5.74) is 3.26. The molecular weight excluding hydrogens is 350 g/mol. The summed E-state index contributed by atoms with van der Waals surface area (Å²) >= 11 is 0. The van der Waals surface area contributed by atoms with Crippen molar-refractivity contribution in [2.75, 3.05) is 17.1 Å². The zero-order valence-electron chi connectivity index (χ0n) is 14.7. The number of hydrogen-bond acceptors (Lipinski definition) is 3. The molecule has 0 fully saturated rings. The molecule has 0 atom stereocenters. The van der Waals surface area contributed by atoms with Crippen molar-refractivity contribution in [3.63, 3.8) is 0 Å². The van der Waals surface area contributed by atoms with Crippen molar-refractivity contribution in [2.45, 2.75) is 13.5 Å². The lowest BCUT2D eigenvalue weighted by atomic mass is 10.2. The number of aryl methyl sites for hydroxylation is 1. The Morgan fingerprint density at radius 1 is 1.12 bits per heavy atom. The van der Waals surface area contributed by atoms with E-state index in [2.05, 4.69) is 10.3 Å². The van der Waals surface area contributed by atoms with E-state index in [1.165, 1.54) is 0 Å². The quantitative estimate of drug-likeness (QED) is 0.699. The van der Waals surface area contributed by atoms with Crippen LogP contribution in [0.25, 0.3) is 10.9 Å². The fourth-order valence-corrected chi connectivity index (χ4v) is 3.64.